The molecule has 45 heavy (non-hydrogen) atoms. The normalized spacial score (nSPS) is 12.6. The third-order valence-corrected chi connectivity index (χ3v) is 9.66. The zero-order chi connectivity index (χ0) is 32.6. The highest BCUT2D eigenvalue weighted by Gasteiger charge is 2.35. The molecule has 0 radical (unpaired) electrons. The quantitative estimate of drug-likeness (QED) is 0.191. The summed E-state index contributed by atoms with van der Waals surface area (Å²) < 4.78 is 44.2. The number of para-hydroxylation sites is 1. The van der Waals surface area contributed by atoms with Crippen LogP contribution in [-0.2, 0) is 32.6 Å². The number of halogens is 1. The average molecular weight is 630 g/mol. The number of nitrogens with zero attached hydrogens (tertiary/aromatic N) is 2. The molecule has 4 rings (SSSR count). The lowest BCUT2D eigenvalue weighted by Gasteiger charge is -2.34. The summed E-state index contributed by atoms with van der Waals surface area (Å²) in [7, 11) is -4.39. The van der Waals surface area contributed by atoms with Crippen LogP contribution in [0.15, 0.2) is 108 Å². The number of hydrogen-bond acceptors (Lipinski definition) is 4. The monoisotopic (exact) mass is 629 g/mol. The predicted octanol–water partition coefficient (Wildman–Crippen LogP) is 6.19. The maximum absolute atomic E-state index is 15.3. The Kier molecular flexibility index (Phi) is 11.1. The molecule has 0 heterocycles. The number of sulfonamides is 1. The topological polar surface area (TPSA) is 86.8 Å². The van der Waals surface area contributed by atoms with E-state index in [2.05, 4.69) is 5.32 Å². The number of hydrogen-bond donors (Lipinski definition) is 1. The number of benzene rings is 4. The highest BCUT2D eigenvalue weighted by molar-refractivity contribution is 7.92. The van der Waals surface area contributed by atoms with Gasteiger partial charge in [-0.2, -0.15) is 0 Å². The van der Waals surface area contributed by atoms with Gasteiger partial charge in [0.15, 0.2) is 0 Å². The van der Waals surface area contributed by atoms with E-state index in [1.165, 1.54) is 35.2 Å². The number of amides is 2. The Labute approximate surface area is 265 Å². The summed E-state index contributed by atoms with van der Waals surface area (Å²) in [5.41, 5.74) is 3.14. The third kappa shape index (κ3) is 8.36. The molecule has 9 heteroatoms. The van der Waals surface area contributed by atoms with Crippen molar-refractivity contribution in [2.45, 2.75) is 64.1 Å². The molecule has 0 bridgehead atoms. The molecule has 0 aliphatic heterocycles. The first-order valence-electron chi connectivity index (χ1n) is 15.0. The van der Waals surface area contributed by atoms with Crippen molar-refractivity contribution in [1.82, 2.24) is 10.2 Å². The molecule has 4 aromatic carbocycles. The van der Waals surface area contributed by atoms with Crippen molar-refractivity contribution in [1.29, 1.82) is 0 Å². The van der Waals surface area contributed by atoms with Gasteiger partial charge in [0.2, 0.25) is 11.8 Å². The largest absolute Gasteiger partial charge is 0.352 e. The first-order valence-corrected chi connectivity index (χ1v) is 16.5. The van der Waals surface area contributed by atoms with Crippen molar-refractivity contribution in [2.75, 3.05) is 10.8 Å². The second-order valence-corrected chi connectivity index (χ2v) is 13.1. The number of anilines is 1. The highest BCUT2D eigenvalue weighted by Crippen LogP contribution is 2.27. The van der Waals surface area contributed by atoms with E-state index in [1.54, 1.807) is 12.1 Å². The maximum Gasteiger partial charge on any atom is 0.264 e. The van der Waals surface area contributed by atoms with Gasteiger partial charge in [-0.15, -0.1) is 0 Å². The number of nitrogens with one attached hydrogen (secondary N) is 1. The fourth-order valence-electron chi connectivity index (χ4n) is 4.97. The Balaban J connectivity index is 1.83. The van der Waals surface area contributed by atoms with E-state index < -0.39 is 34.3 Å². The van der Waals surface area contributed by atoms with Gasteiger partial charge in [-0.3, -0.25) is 13.9 Å². The lowest BCUT2D eigenvalue weighted by atomic mass is 10.0. The number of carbonyl (C=O) groups excluding carboxylic acids is 2. The molecule has 4 aromatic rings. The van der Waals surface area contributed by atoms with Crippen LogP contribution in [-0.4, -0.2) is 43.8 Å². The van der Waals surface area contributed by atoms with Crippen molar-refractivity contribution < 1.29 is 22.4 Å². The Morgan fingerprint density at radius 2 is 1.47 bits per heavy atom. The minimum atomic E-state index is -4.39. The van der Waals surface area contributed by atoms with Crippen LogP contribution < -0.4 is 9.62 Å². The van der Waals surface area contributed by atoms with Crippen molar-refractivity contribution in [3.8, 4) is 0 Å². The SMILES string of the molecule is CC[C@H](C)NC(=O)[C@@H](Cc1ccccc1)N(Cc1ccccc1C)C(=O)CN(c1ccccc1F)S(=O)(=O)c1ccc(C)cc1. The number of carbonyl (C=O) groups is 2. The molecule has 0 spiro atoms. The van der Waals surface area contributed by atoms with Crippen molar-refractivity contribution in [3.05, 3.63) is 131 Å². The molecule has 2 atom stereocenters. The molecular formula is C36H40FN3O4S. The first-order chi connectivity index (χ1) is 21.5. The Morgan fingerprint density at radius 3 is 2.11 bits per heavy atom. The molecule has 0 fully saturated rings. The molecule has 0 aliphatic rings. The molecule has 0 unspecified atom stereocenters. The van der Waals surface area contributed by atoms with Gasteiger partial charge in [-0.05, 0) is 68.1 Å². The fourth-order valence-corrected chi connectivity index (χ4v) is 6.39. The van der Waals surface area contributed by atoms with Gasteiger partial charge in [0, 0.05) is 19.0 Å². The molecule has 236 valence electrons. The van der Waals surface area contributed by atoms with E-state index in [9.17, 15) is 18.0 Å². The van der Waals surface area contributed by atoms with Crippen LogP contribution in [0.25, 0.3) is 0 Å². The minimum absolute atomic E-state index is 0.0482. The smallest absolute Gasteiger partial charge is 0.264 e. The average Bonchev–Trinajstić information content (AvgIpc) is 3.03. The van der Waals surface area contributed by atoms with Crippen molar-refractivity contribution >= 4 is 27.5 Å². The summed E-state index contributed by atoms with van der Waals surface area (Å²) in [4.78, 5) is 29.7. The van der Waals surface area contributed by atoms with E-state index in [0.717, 1.165) is 32.6 Å². The van der Waals surface area contributed by atoms with Crippen LogP contribution >= 0.6 is 0 Å². The number of aryl methyl sites for hydroxylation is 2. The predicted molar refractivity (Wildman–Crippen MR) is 176 cm³/mol. The summed E-state index contributed by atoms with van der Waals surface area (Å²) in [6.45, 7) is 6.92. The van der Waals surface area contributed by atoms with Gasteiger partial charge in [-0.25, -0.2) is 12.8 Å². The second kappa shape index (κ2) is 15.0. The molecule has 2 amide bonds. The Hall–Kier alpha value is -4.50. The van der Waals surface area contributed by atoms with Crippen LogP contribution in [0.5, 0.6) is 0 Å². The molecule has 7 nitrogen and oxygen atoms in total. The van der Waals surface area contributed by atoms with Crippen LogP contribution in [0, 0.1) is 19.7 Å². The van der Waals surface area contributed by atoms with Gasteiger partial charge in [-0.1, -0.05) is 91.3 Å². The van der Waals surface area contributed by atoms with E-state index in [0.29, 0.717) is 6.42 Å². The van der Waals surface area contributed by atoms with Crippen LogP contribution in [0.2, 0.25) is 0 Å². The molecule has 1 N–H and O–H groups in total. The summed E-state index contributed by atoms with van der Waals surface area (Å²) in [5.74, 6) is -1.78. The number of rotatable bonds is 13. The lowest BCUT2D eigenvalue weighted by Crippen LogP contribution is -2.54. The van der Waals surface area contributed by atoms with Gasteiger partial charge < -0.3 is 10.2 Å². The van der Waals surface area contributed by atoms with E-state index >= 15 is 4.39 Å². The minimum Gasteiger partial charge on any atom is -0.352 e. The van der Waals surface area contributed by atoms with Crippen LogP contribution in [0.3, 0.4) is 0 Å². The fraction of sp³-hybridized carbons (Fsp3) is 0.278. The summed E-state index contributed by atoms with van der Waals surface area (Å²) in [5, 5.41) is 3.02. The Bertz CT molecular complexity index is 1710. The molecule has 0 saturated carbocycles. The third-order valence-electron chi connectivity index (χ3n) is 7.88. The van der Waals surface area contributed by atoms with Gasteiger partial charge in [0.25, 0.3) is 10.0 Å². The standard InChI is InChI=1S/C36H40FN3O4S/c1-5-28(4)38-36(42)34(23-29-14-7-6-8-15-29)39(24-30-16-10-9-13-27(30)3)35(41)25-40(33-18-12-11-17-32(33)37)45(43,44)31-21-19-26(2)20-22-31/h6-22,28,34H,5,23-25H2,1-4H3,(H,38,42)/t28-,34+/m0/s1. The van der Waals surface area contributed by atoms with Gasteiger partial charge >= 0.3 is 0 Å². The van der Waals surface area contributed by atoms with E-state index in [4.69, 9.17) is 0 Å². The lowest BCUT2D eigenvalue weighted by molar-refractivity contribution is -0.140. The van der Waals surface area contributed by atoms with Gasteiger partial charge in [0.05, 0.1) is 10.6 Å². The molecule has 0 aliphatic carbocycles. The first kappa shape index (κ1) is 33.4. The Morgan fingerprint density at radius 1 is 0.844 bits per heavy atom. The summed E-state index contributed by atoms with van der Waals surface area (Å²) in [6, 6.07) is 27.4. The second-order valence-electron chi connectivity index (χ2n) is 11.2. The van der Waals surface area contributed by atoms with Gasteiger partial charge in [0.1, 0.15) is 18.4 Å². The van der Waals surface area contributed by atoms with Crippen molar-refractivity contribution in [3.63, 3.8) is 0 Å². The molecule has 0 aromatic heterocycles. The van der Waals surface area contributed by atoms with Crippen LogP contribution in [0.4, 0.5) is 10.1 Å². The van der Waals surface area contributed by atoms with E-state index in [-0.39, 0.29) is 35.5 Å². The zero-order valence-corrected chi connectivity index (χ0v) is 26.9. The van der Waals surface area contributed by atoms with Crippen molar-refractivity contribution in [2.24, 2.45) is 0 Å². The summed E-state index contributed by atoms with van der Waals surface area (Å²) >= 11 is 0. The molecular weight excluding hydrogens is 589 g/mol. The zero-order valence-electron chi connectivity index (χ0n) is 26.1. The van der Waals surface area contributed by atoms with E-state index in [1.807, 2.05) is 82.3 Å². The molecule has 0 saturated heterocycles. The summed E-state index contributed by atoms with van der Waals surface area (Å²) in [6.07, 6.45) is 0.885. The maximum atomic E-state index is 15.3. The highest BCUT2D eigenvalue weighted by atomic mass is 32.2. The van der Waals surface area contributed by atoms with Crippen LogP contribution in [0.1, 0.15) is 42.5 Å².